The predicted octanol–water partition coefficient (Wildman–Crippen LogP) is 15.2. The fourth-order valence-electron chi connectivity index (χ4n) is 9.90. The van der Waals surface area contributed by atoms with Crippen molar-refractivity contribution in [1.29, 1.82) is 0 Å². The van der Waals surface area contributed by atoms with Gasteiger partial charge in [-0.05, 0) is 148 Å². The molecule has 9 rings (SSSR count). The monoisotopic (exact) mass is 691 g/mol. The molecule has 53 heavy (non-hydrogen) atoms. The van der Waals surface area contributed by atoms with Crippen LogP contribution >= 0.6 is 0 Å². The maximum Gasteiger partial charge on any atom is 0.0465 e. The van der Waals surface area contributed by atoms with Crippen LogP contribution in [0.2, 0.25) is 0 Å². The van der Waals surface area contributed by atoms with Crippen molar-refractivity contribution in [2.75, 3.05) is 4.90 Å². The molecule has 0 aliphatic heterocycles. The summed E-state index contributed by atoms with van der Waals surface area (Å²) in [4.78, 5) is 2.46. The van der Waals surface area contributed by atoms with Gasteiger partial charge in [-0.1, -0.05) is 143 Å². The summed E-state index contributed by atoms with van der Waals surface area (Å²) in [6.45, 7) is 6.99. The highest BCUT2D eigenvalue weighted by Crippen LogP contribution is 2.51. The minimum absolute atomic E-state index is 0.0545. The number of hydrogen-bond donors (Lipinski definition) is 0. The molecular formula is C52H53N. The van der Waals surface area contributed by atoms with Crippen LogP contribution < -0.4 is 4.90 Å². The largest absolute Gasteiger partial charge is 0.310 e. The van der Waals surface area contributed by atoms with Crippen molar-refractivity contribution < 1.29 is 0 Å². The molecule has 0 amide bonds. The zero-order valence-corrected chi connectivity index (χ0v) is 31.9. The van der Waals surface area contributed by atoms with Crippen LogP contribution in [0.5, 0.6) is 0 Å². The van der Waals surface area contributed by atoms with Gasteiger partial charge >= 0.3 is 0 Å². The van der Waals surface area contributed by atoms with Gasteiger partial charge in [0.25, 0.3) is 0 Å². The fourth-order valence-corrected chi connectivity index (χ4v) is 9.90. The maximum absolute atomic E-state index is 2.46. The summed E-state index contributed by atoms with van der Waals surface area (Å²) in [5.74, 6) is 1.43. The molecule has 0 radical (unpaired) electrons. The van der Waals surface area contributed by atoms with Gasteiger partial charge in [-0.25, -0.2) is 0 Å². The number of fused-ring (bicyclic) bond motifs is 3. The van der Waals surface area contributed by atoms with E-state index in [0.717, 1.165) is 5.92 Å². The SMILES string of the molecule is Cc1ccc(-c2ccc(C3CCCCC3)cc2)cc1-c1ccc(N(c2ccc(C3CCCCC3)cc2)c2ccc3c(c2)C(C)(C)c2ccccc2-3)cc1. The van der Waals surface area contributed by atoms with Crippen molar-refractivity contribution in [2.24, 2.45) is 0 Å². The van der Waals surface area contributed by atoms with Crippen LogP contribution in [0.3, 0.4) is 0 Å². The predicted molar refractivity (Wildman–Crippen MR) is 226 cm³/mol. The average molecular weight is 692 g/mol. The first-order valence-electron chi connectivity index (χ1n) is 20.4. The quantitative estimate of drug-likeness (QED) is 0.161. The van der Waals surface area contributed by atoms with Gasteiger partial charge < -0.3 is 4.90 Å². The highest BCUT2D eigenvalue weighted by Gasteiger charge is 2.35. The Bertz CT molecular complexity index is 2210. The third kappa shape index (κ3) is 6.43. The van der Waals surface area contributed by atoms with Crippen molar-refractivity contribution in [2.45, 2.75) is 102 Å². The number of benzene rings is 6. The van der Waals surface area contributed by atoms with Crippen LogP contribution in [0.25, 0.3) is 33.4 Å². The second kappa shape index (κ2) is 14.2. The molecule has 0 aromatic heterocycles. The number of aryl methyl sites for hydroxylation is 1. The summed E-state index contributed by atoms with van der Waals surface area (Å²) in [5.41, 5.74) is 18.5. The summed E-state index contributed by atoms with van der Waals surface area (Å²) >= 11 is 0. The highest BCUT2D eigenvalue weighted by molar-refractivity contribution is 5.86. The summed E-state index contributed by atoms with van der Waals surface area (Å²) in [6, 6.07) is 51.3. The Morgan fingerprint density at radius 3 is 1.58 bits per heavy atom. The van der Waals surface area contributed by atoms with E-state index in [4.69, 9.17) is 0 Å². The first kappa shape index (κ1) is 33.9. The molecule has 6 aromatic rings. The van der Waals surface area contributed by atoms with Crippen molar-refractivity contribution in [1.82, 2.24) is 0 Å². The van der Waals surface area contributed by atoms with E-state index in [2.05, 4.69) is 159 Å². The Balaban J connectivity index is 1.06. The molecule has 6 aromatic carbocycles. The van der Waals surface area contributed by atoms with E-state index >= 15 is 0 Å². The second-order valence-electron chi connectivity index (χ2n) is 16.7. The summed E-state index contributed by atoms with van der Waals surface area (Å²) in [7, 11) is 0. The van der Waals surface area contributed by atoms with Gasteiger partial charge in [0.05, 0.1) is 0 Å². The molecule has 0 heterocycles. The minimum atomic E-state index is -0.0545. The lowest BCUT2D eigenvalue weighted by Gasteiger charge is -2.29. The standard InChI is InChI=1S/C52H53N/c1-36-18-19-43(41-22-20-39(21-23-41)37-12-6-4-7-13-37)34-49(36)42-26-30-45(31-27-42)53(44-28-24-40(25-29-44)38-14-8-5-9-15-38)46-32-33-48-47-16-10-11-17-50(47)52(2,3)51(48)35-46/h10-11,16-35,37-38H,4-9,12-15H2,1-3H3. The Hall–Kier alpha value is -4.88. The Kier molecular flexibility index (Phi) is 9.07. The van der Waals surface area contributed by atoms with Gasteiger partial charge in [0, 0.05) is 22.5 Å². The van der Waals surface area contributed by atoms with E-state index in [-0.39, 0.29) is 5.41 Å². The fraction of sp³-hybridized carbons (Fsp3) is 0.308. The van der Waals surface area contributed by atoms with Crippen LogP contribution in [0.15, 0.2) is 133 Å². The lowest BCUT2D eigenvalue weighted by Crippen LogP contribution is -2.16. The topological polar surface area (TPSA) is 3.24 Å². The normalized spacial score (nSPS) is 17.0. The minimum Gasteiger partial charge on any atom is -0.310 e. The lowest BCUT2D eigenvalue weighted by molar-refractivity contribution is 0.443. The van der Waals surface area contributed by atoms with E-state index in [1.807, 2.05) is 0 Å². The van der Waals surface area contributed by atoms with E-state index in [1.54, 1.807) is 0 Å². The molecular weight excluding hydrogens is 639 g/mol. The zero-order chi connectivity index (χ0) is 35.9. The lowest BCUT2D eigenvalue weighted by atomic mass is 9.82. The van der Waals surface area contributed by atoms with E-state index in [1.165, 1.54) is 142 Å². The third-order valence-electron chi connectivity index (χ3n) is 13.0. The Labute approximate surface area is 317 Å². The van der Waals surface area contributed by atoms with Crippen LogP contribution in [-0.4, -0.2) is 0 Å². The first-order valence-corrected chi connectivity index (χ1v) is 20.4. The van der Waals surface area contributed by atoms with Gasteiger partial charge in [-0.2, -0.15) is 0 Å². The molecule has 2 fully saturated rings. The first-order chi connectivity index (χ1) is 25.9. The highest BCUT2D eigenvalue weighted by atomic mass is 15.1. The summed E-state index contributed by atoms with van der Waals surface area (Å²) < 4.78 is 0. The van der Waals surface area contributed by atoms with Gasteiger partial charge in [0.1, 0.15) is 0 Å². The molecule has 0 N–H and O–H groups in total. The molecule has 0 bridgehead atoms. The molecule has 0 saturated heterocycles. The molecule has 0 unspecified atom stereocenters. The molecule has 0 atom stereocenters. The smallest absolute Gasteiger partial charge is 0.0465 e. The van der Waals surface area contributed by atoms with Crippen LogP contribution in [0, 0.1) is 6.92 Å². The van der Waals surface area contributed by atoms with E-state index in [9.17, 15) is 0 Å². The Morgan fingerprint density at radius 1 is 0.434 bits per heavy atom. The third-order valence-corrected chi connectivity index (χ3v) is 13.0. The molecule has 1 heteroatoms. The van der Waals surface area contributed by atoms with Gasteiger partial charge in [-0.3, -0.25) is 0 Å². The summed E-state index contributed by atoms with van der Waals surface area (Å²) in [6.07, 6.45) is 13.5. The van der Waals surface area contributed by atoms with Crippen molar-refractivity contribution in [3.8, 4) is 33.4 Å². The molecule has 266 valence electrons. The van der Waals surface area contributed by atoms with Gasteiger partial charge in [0.2, 0.25) is 0 Å². The van der Waals surface area contributed by atoms with E-state index < -0.39 is 0 Å². The van der Waals surface area contributed by atoms with Crippen LogP contribution in [0.4, 0.5) is 17.1 Å². The maximum atomic E-state index is 2.46. The van der Waals surface area contributed by atoms with Crippen LogP contribution in [-0.2, 0) is 5.41 Å². The van der Waals surface area contributed by atoms with Gasteiger partial charge in [0.15, 0.2) is 0 Å². The number of nitrogens with zero attached hydrogens (tertiary/aromatic N) is 1. The van der Waals surface area contributed by atoms with Crippen molar-refractivity contribution in [3.63, 3.8) is 0 Å². The molecule has 1 nitrogen and oxygen atoms in total. The molecule has 2 saturated carbocycles. The van der Waals surface area contributed by atoms with Gasteiger partial charge in [-0.15, -0.1) is 0 Å². The Morgan fingerprint density at radius 2 is 0.943 bits per heavy atom. The molecule has 3 aliphatic rings. The van der Waals surface area contributed by atoms with E-state index in [0.29, 0.717) is 5.92 Å². The molecule has 3 aliphatic carbocycles. The van der Waals surface area contributed by atoms with Crippen LogP contribution in [0.1, 0.15) is 118 Å². The number of rotatable bonds is 7. The summed E-state index contributed by atoms with van der Waals surface area (Å²) in [5, 5.41) is 0. The van der Waals surface area contributed by atoms with Crippen molar-refractivity contribution >= 4 is 17.1 Å². The number of anilines is 3. The zero-order valence-electron chi connectivity index (χ0n) is 31.9. The van der Waals surface area contributed by atoms with Crippen molar-refractivity contribution in [3.05, 3.63) is 161 Å². The second-order valence-corrected chi connectivity index (χ2v) is 16.7. The average Bonchev–Trinajstić information content (AvgIpc) is 3.45. The number of hydrogen-bond acceptors (Lipinski definition) is 1. The molecule has 0 spiro atoms.